The molecule has 0 aliphatic carbocycles. The van der Waals surface area contributed by atoms with Crippen LogP contribution in [0.3, 0.4) is 0 Å². The Morgan fingerprint density at radius 2 is 1.00 bits per heavy atom. The Kier molecular flexibility index (Phi) is 13.1. The highest BCUT2D eigenvalue weighted by molar-refractivity contribution is 5.95. The fourth-order valence-electron chi connectivity index (χ4n) is 4.92. The number of hydrogen-bond donors (Lipinski definition) is 1. The summed E-state index contributed by atoms with van der Waals surface area (Å²) in [4.78, 5) is 12.9. The van der Waals surface area contributed by atoms with Crippen molar-refractivity contribution in [2.24, 2.45) is 5.10 Å². The molecule has 0 saturated carbocycles. The number of amides is 1. The van der Waals surface area contributed by atoms with Crippen LogP contribution in [0, 0.1) is 0 Å². The van der Waals surface area contributed by atoms with Gasteiger partial charge in [-0.3, -0.25) is 4.79 Å². The van der Waals surface area contributed by atoms with Gasteiger partial charge in [0.05, 0.1) is 26.0 Å². The molecule has 258 valence electrons. The topological polar surface area (TPSA) is 96.8 Å². The van der Waals surface area contributed by atoms with Gasteiger partial charge in [0.15, 0.2) is 34.5 Å². The van der Waals surface area contributed by atoms with E-state index in [1.807, 2.05) is 118 Å². The van der Waals surface area contributed by atoms with Gasteiger partial charge in [0.2, 0.25) is 0 Å². The van der Waals surface area contributed by atoms with Crippen molar-refractivity contribution in [3.8, 4) is 34.5 Å². The molecule has 0 saturated heterocycles. The highest BCUT2D eigenvalue weighted by Crippen LogP contribution is 2.33. The van der Waals surface area contributed by atoms with Crippen LogP contribution in [0.1, 0.15) is 53.4 Å². The van der Waals surface area contributed by atoms with E-state index < -0.39 is 0 Å². The fraction of sp³-hybridized carbons (Fsp3) is 0.220. The van der Waals surface area contributed by atoms with Crippen molar-refractivity contribution < 1.29 is 33.2 Å². The molecular weight excluding hydrogens is 632 g/mol. The van der Waals surface area contributed by atoms with Crippen molar-refractivity contribution >= 4 is 12.1 Å². The van der Waals surface area contributed by atoms with E-state index in [9.17, 15) is 4.79 Å². The monoisotopic (exact) mass is 674 g/mol. The molecule has 5 rings (SSSR count). The molecule has 0 aliphatic rings. The highest BCUT2D eigenvalue weighted by Gasteiger charge is 2.13. The fourth-order valence-corrected chi connectivity index (χ4v) is 4.92. The third-order valence-corrected chi connectivity index (χ3v) is 7.33. The number of hydrogen-bond acceptors (Lipinski definition) is 8. The van der Waals surface area contributed by atoms with E-state index in [0.717, 1.165) is 22.3 Å². The molecule has 0 heterocycles. The Hall–Kier alpha value is -5.96. The summed E-state index contributed by atoms with van der Waals surface area (Å²) in [5.74, 6) is 3.12. The average molecular weight is 675 g/mol. The Morgan fingerprint density at radius 3 is 1.56 bits per heavy atom. The van der Waals surface area contributed by atoms with Crippen LogP contribution in [0.4, 0.5) is 0 Å². The quantitative estimate of drug-likeness (QED) is 0.0737. The van der Waals surface area contributed by atoms with Gasteiger partial charge in [-0.15, -0.1) is 0 Å². The molecule has 0 spiro atoms. The van der Waals surface area contributed by atoms with Crippen molar-refractivity contribution in [2.45, 2.75) is 40.6 Å². The Morgan fingerprint density at radius 1 is 0.520 bits per heavy atom. The largest absolute Gasteiger partial charge is 0.490 e. The van der Waals surface area contributed by atoms with Crippen molar-refractivity contribution in [3.05, 3.63) is 143 Å². The first kappa shape index (κ1) is 35.3. The van der Waals surface area contributed by atoms with Gasteiger partial charge in [0, 0.05) is 5.56 Å². The van der Waals surface area contributed by atoms with Gasteiger partial charge in [0.25, 0.3) is 5.91 Å². The van der Waals surface area contributed by atoms with Crippen LogP contribution in [-0.2, 0) is 19.8 Å². The third-order valence-electron chi connectivity index (χ3n) is 7.33. The molecule has 0 fully saturated rings. The standard InChI is InChI=1S/C41H42N2O7/c1-4-45-38-23-32(26-42-43-41(44)34-19-22-37(40(25-34)47-6-3)49-28-31-15-11-8-12-16-31)17-20-35(38)50-29-33-18-21-36(39(24-33)46-5-2)48-27-30-13-9-7-10-14-30/h7-26H,4-6,27-29H2,1-3H3,(H,43,44)/b42-26+. The maximum Gasteiger partial charge on any atom is 0.271 e. The Bertz CT molecular complexity index is 1850. The van der Waals surface area contributed by atoms with E-state index in [1.54, 1.807) is 24.4 Å². The number of carbonyl (C=O) groups is 1. The van der Waals surface area contributed by atoms with Crippen molar-refractivity contribution in [1.82, 2.24) is 5.43 Å². The summed E-state index contributed by atoms with van der Waals surface area (Å²) in [5, 5.41) is 4.17. The van der Waals surface area contributed by atoms with Crippen LogP contribution in [0.15, 0.2) is 120 Å². The van der Waals surface area contributed by atoms with Crippen LogP contribution in [0.2, 0.25) is 0 Å². The summed E-state index contributed by atoms with van der Waals surface area (Å²) >= 11 is 0. The number of hydrazone groups is 1. The van der Waals surface area contributed by atoms with Gasteiger partial charge in [-0.25, -0.2) is 5.43 Å². The van der Waals surface area contributed by atoms with Gasteiger partial charge in [-0.05, 0) is 91.6 Å². The van der Waals surface area contributed by atoms with E-state index in [1.165, 1.54) is 0 Å². The molecule has 9 nitrogen and oxygen atoms in total. The zero-order valence-electron chi connectivity index (χ0n) is 28.6. The van der Waals surface area contributed by atoms with E-state index in [2.05, 4.69) is 10.5 Å². The summed E-state index contributed by atoms with van der Waals surface area (Å²) in [6, 6.07) is 36.1. The molecule has 0 aliphatic heterocycles. The second-order valence-corrected chi connectivity index (χ2v) is 11.0. The first-order chi connectivity index (χ1) is 24.6. The van der Waals surface area contributed by atoms with Crippen molar-refractivity contribution in [3.63, 3.8) is 0 Å². The first-order valence-corrected chi connectivity index (χ1v) is 16.6. The predicted octanol–water partition coefficient (Wildman–Crippen LogP) is 8.38. The zero-order chi connectivity index (χ0) is 35.0. The molecule has 5 aromatic carbocycles. The lowest BCUT2D eigenvalue weighted by Gasteiger charge is -2.15. The minimum absolute atomic E-state index is 0.294. The maximum atomic E-state index is 12.9. The van der Waals surface area contributed by atoms with E-state index in [0.29, 0.717) is 79.7 Å². The second-order valence-electron chi connectivity index (χ2n) is 11.0. The smallest absolute Gasteiger partial charge is 0.271 e. The predicted molar refractivity (Wildman–Crippen MR) is 194 cm³/mol. The highest BCUT2D eigenvalue weighted by atomic mass is 16.5. The summed E-state index contributed by atoms with van der Waals surface area (Å²) < 4.78 is 35.6. The van der Waals surface area contributed by atoms with Gasteiger partial charge in [-0.1, -0.05) is 66.7 Å². The Labute approximate surface area is 293 Å². The Balaban J connectivity index is 1.19. The average Bonchev–Trinajstić information content (AvgIpc) is 3.15. The molecule has 9 heteroatoms. The summed E-state index contributed by atoms with van der Waals surface area (Å²) in [6.45, 7) is 8.23. The molecular formula is C41H42N2O7. The third kappa shape index (κ3) is 10.3. The van der Waals surface area contributed by atoms with Crippen LogP contribution < -0.4 is 33.8 Å². The molecule has 1 N–H and O–H groups in total. The number of benzene rings is 5. The minimum atomic E-state index is -0.385. The number of nitrogens with one attached hydrogen (secondary N) is 1. The van der Waals surface area contributed by atoms with Gasteiger partial charge in [-0.2, -0.15) is 5.10 Å². The lowest BCUT2D eigenvalue weighted by atomic mass is 10.2. The second kappa shape index (κ2) is 18.5. The minimum Gasteiger partial charge on any atom is -0.490 e. The normalized spacial score (nSPS) is 10.8. The maximum absolute atomic E-state index is 12.9. The van der Waals surface area contributed by atoms with E-state index in [4.69, 9.17) is 28.4 Å². The van der Waals surface area contributed by atoms with Crippen LogP contribution >= 0.6 is 0 Å². The number of ether oxygens (including phenoxy) is 6. The van der Waals surface area contributed by atoms with E-state index >= 15 is 0 Å². The first-order valence-electron chi connectivity index (χ1n) is 16.6. The van der Waals surface area contributed by atoms with Gasteiger partial charge in [0.1, 0.15) is 19.8 Å². The summed E-state index contributed by atoms with van der Waals surface area (Å²) in [5.41, 5.74) is 6.72. The lowest BCUT2D eigenvalue weighted by molar-refractivity contribution is 0.0954. The van der Waals surface area contributed by atoms with E-state index in [-0.39, 0.29) is 5.91 Å². The summed E-state index contributed by atoms with van der Waals surface area (Å²) in [7, 11) is 0. The van der Waals surface area contributed by atoms with Gasteiger partial charge >= 0.3 is 0 Å². The summed E-state index contributed by atoms with van der Waals surface area (Å²) in [6.07, 6.45) is 1.55. The van der Waals surface area contributed by atoms with Crippen molar-refractivity contribution in [1.29, 1.82) is 0 Å². The molecule has 50 heavy (non-hydrogen) atoms. The lowest BCUT2D eigenvalue weighted by Crippen LogP contribution is -2.17. The molecule has 0 bridgehead atoms. The van der Waals surface area contributed by atoms with Crippen LogP contribution in [0.25, 0.3) is 0 Å². The number of carbonyl (C=O) groups excluding carboxylic acids is 1. The SMILES string of the molecule is CCOc1cc(/C=N/NC(=O)c2ccc(OCc3ccccc3)c(OCC)c2)ccc1OCc1ccc(OCc2ccccc2)c(OCC)c1. The molecule has 0 atom stereocenters. The zero-order valence-corrected chi connectivity index (χ0v) is 28.6. The number of rotatable bonds is 18. The molecule has 1 amide bonds. The molecule has 0 aromatic heterocycles. The van der Waals surface area contributed by atoms with Crippen LogP contribution in [-0.4, -0.2) is 31.9 Å². The number of nitrogens with zero attached hydrogens (tertiary/aromatic N) is 1. The van der Waals surface area contributed by atoms with Gasteiger partial charge < -0.3 is 28.4 Å². The molecule has 5 aromatic rings. The van der Waals surface area contributed by atoms with Crippen molar-refractivity contribution in [2.75, 3.05) is 19.8 Å². The van der Waals surface area contributed by atoms with Crippen LogP contribution in [0.5, 0.6) is 34.5 Å². The molecule has 0 unspecified atom stereocenters. The molecule has 0 radical (unpaired) electrons.